The molecule has 0 aromatic heterocycles. The average Bonchev–Trinajstić information content (AvgIpc) is 3.72. The number of piperidine rings is 1. The maximum absolute atomic E-state index is 15.0. The Kier molecular flexibility index (Phi) is 11.3. The molecule has 5 rings (SSSR count). The quantitative estimate of drug-likeness (QED) is 0.166. The first kappa shape index (κ1) is 34.9. The lowest BCUT2D eigenvalue weighted by atomic mass is 9.62. The molecule has 1 heterocycles. The van der Waals surface area contributed by atoms with Gasteiger partial charge >= 0.3 is 0 Å². The summed E-state index contributed by atoms with van der Waals surface area (Å²) in [5.41, 5.74) is 3.88. The van der Waals surface area contributed by atoms with Crippen molar-refractivity contribution in [3.63, 3.8) is 0 Å². The molecule has 0 amide bonds. The van der Waals surface area contributed by atoms with Crippen molar-refractivity contribution < 1.29 is 9.50 Å². The van der Waals surface area contributed by atoms with Crippen molar-refractivity contribution in [1.29, 1.82) is 5.26 Å². The Balaban J connectivity index is 1.41. The second kappa shape index (κ2) is 15.2. The van der Waals surface area contributed by atoms with Gasteiger partial charge in [-0.2, -0.15) is 5.26 Å². The van der Waals surface area contributed by atoms with Crippen molar-refractivity contribution in [3.05, 3.63) is 108 Å². The highest BCUT2D eigenvalue weighted by Gasteiger charge is 2.44. The molecule has 3 aliphatic rings. The van der Waals surface area contributed by atoms with Crippen LogP contribution < -0.4 is 0 Å². The first-order valence-corrected chi connectivity index (χ1v) is 18.0. The highest BCUT2D eigenvalue weighted by Crippen LogP contribution is 2.52. The molecule has 0 radical (unpaired) electrons. The number of benzene rings is 2. The number of phenols is 1. The number of phenolic OH excluding ortho intramolecular Hbond substituents is 1. The number of alkyl halides is 1. The van der Waals surface area contributed by atoms with Crippen molar-refractivity contribution >= 4 is 5.57 Å². The number of nitrogens with zero attached hydrogens (tertiary/aromatic N) is 2. The molecule has 0 spiro atoms. The molecular weight excluding hydrogens is 579 g/mol. The Bertz CT molecular complexity index is 1500. The summed E-state index contributed by atoms with van der Waals surface area (Å²) in [4.78, 5) is 2.79. The van der Waals surface area contributed by atoms with Crippen LogP contribution >= 0.6 is 0 Å². The standard InChI is InChI=1S/C43H55FN2O/c1-6-11-35(37-13-9-12-34(27-37)30-45)14-10-21-43(22-24-46(25-23-43)39-15-7-8-16-39)38(28-33-17-18-33)26-31(2)32(3)36-19-20-41(47)40(29-36)42(4,5)44/h6,9-14,19-20,27,29,32-33,38-39,47H,1-2,7-8,15-18,21-26,28H2,3-5H3/b14-10-,35-11+/t32?,38-/m1/s1. The van der Waals surface area contributed by atoms with Crippen LogP contribution in [0.1, 0.15) is 120 Å². The van der Waals surface area contributed by atoms with Gasteiger partial charge in [0.15, 0.2) is 0 Å². The van der Waals surface area contributed by atoms with Crippen molar-refractivity contribution in [2.75, 3.05) is 13.1 Å². The van der Waals surface area contributed by atoms with Gasteiger partial charge in [0.05, 0.1) is 11.6 Å². The van der Waals surface area contributed by atoms with E-state index < -0.39 is 5.67 Å². The molecule has 2 saturated carbocycles. The van der Waals surface area contributed by atoms with Crippen LogP contribution in [0.25, 0.3) is 5.57 Å². The number of halogens is 1. The minimum Gasteiger partial charge on any atom is -0.508 e. The summed E-state index contributed by atoms with van der Waals surface area (Å²) in [5.74, 6) is 1.39. The molecule has 2 aromatic carbocycles. The van der Waals surface area contributed by atoms with Gasteiger partial charge < -0.3 is 10.0 Å². The van der Waals surface area contributed by atoms with Crippen molar-refractivity contribution in [1.82, 2.24) is 4.90 Å². The van der Waals surface area contributed by atoms with Crippen molar-refractivity contribution in [2.45, 2.75) is 109 Å². The Morgan fingerprint density at radius 1 is 1.13 bits per heavy atom. The third-order valence-electron chi connectivity index (χ3n) is 11.5. The van der Waals surface area contributed by atoms with E-state index in [1.54, 1.807) is 6.07 Å². The SMILES string of the molecule is C=C/C=C(\C=C/CC1([C@H](CC(=C)C(C)c2ccc(O)c(C(C)(C)F)c2)CC2CC2)CCN(C2CCCC2)CC1)c1cccc(C#N)c1. The van der Waals surface area contributed by atoms with Gasteiger partial charge in [0, 0.05) is 17.5 Å². The van der Waals surface area contributed by atoms with Crippen LogP contribution in [0.5, 0.6) is 5.75 Å². The second-order valence-corrected chi connectivity index (χ2v) is 15.2. The van der Waals surface area contributed by atoms with Crippen LogP contribution in [-0.2, 0) is 5.67 Å². The molecule has 3 fully saturated rings. The van der Waals surface area contributed by atoms with Gasteiger partial charge in [0.2, 0.25) is 0 Å². The normalized spacial score (nSPS) is 20.6. The highest BCUT2D eigenvalue weighted by molar-refractivity contribution is 5.75. The molecule has 1 aliphatic heterocycles. The zero-order valence-corrected chi connectivity index (χ0v) is 29.0. The van der Waals surface area contributed by atoms with Crippen LogP contribution in [0.2, 0.25) is 0 Å². The third kappa shape index (κ3) is 8.74. The average molecular weight is 635 g/mol. The second-order valence-electron chi connectivity index (χ2n) is 15.2. The van der Waals surface area contributed by atoms with E-state index in [4.69, 9.17) is 0 Å². The van der Waals surface area contributed by atoms with Gasteiger partial charge in [-0.25, -0.2) is 4.39 Å². The van der Waals surface area contributed by atoms with E-state index in [0.717, 1.165) is 54.6 Å². The summed E-state index contributed by atoms with van der Waals surface area (Å²) in [5, 5.41) is 19.9. The fourth-order valence-electron chi connectivity index (χ4n) is 8.28. The number of hydrogen-bond acceptors (Lipinski definition) is 3. The highest BCUT2D eigenvalue weighted by atomic mass is 19.1. The molecule has 1 saturated heterocycles. The summed E-state index contributed by atoms with van der Waals surface area (Å²) in [6, 6.07) is 16.3. The predicted octanol–water partition coefficient (Wildman–Crippen LogP) is 11.2. The number of nitriles is 1. The molecule has 3 nitrogen and oxygen atoms in total. The molecule has 250 valence electrons. The predicted molar refractivity (Wildman–Crippen MR) is 194 cm³/mol. The number of rotatable bonds is 14. The van der Waals surface area contributed by atoms with E-state index in [0.29, 0.717) is 17.0 Å². The first-order chi connectivity index (χ1) is 22.5. The van der Waals surface area contributed by atoms with Crippen LogP contribution in [-0.4, -0.2) is 29.1 Å². The summed E-state index contributed by atoms with van der Waals surface area (Å²) in [7, 11) is 0. The lowest BCUT2D eigenvalue weighted by Gasteiger charge is -2.49. The van der Waals surface area contributed by atoms with E-state index in [2.05, 4.69) is 49.3 Å². The van der Waals surface area contributed by atoms with Gasteiger partial charge in [-0.05, 0) is 130 Å². The maximum atomic E-state index is 15.0. The molecular formula is C43H55FN2O. The minimum atomic E-state index is -1.62. The Morgan fingerprint density at radius 3 is 2.49 bits per heavy atom. The lowest BCUT2D eigenvalue weighted by Crippen LogP contribution is -2.47. The summed E-state index contributed by atoms with van der Waals surface area (Å²) >= 11 is 0. The molecule has 4 heteroatoms. The molecule has 0 bridgehead atoms. The van der Waals surface area contributed by atoms with Crippen LogP contribution in [0, 0.1) is 28.6 Å². The van der Waals surface area contributed by atoms with Crippen molar-refractivity contribution in [3.8, 4) is 11.8 Å². The largest absolute Gasteiger partial charge is 0.508 e. The van der Waals surface area contributed by atoms with Crippen LogP contribution in [0.15, 0.2) is 85.5 Å². The Hall–Kier alpha value is -3.42. The first-order valence-electron chi connectivity index (χ1n) is 18.0. The van der Waals surface area contributed by atoms with Gasteiger partial charge in [0.1, 0.15) is 11.4 Å². The van der Waals surface area contributed by atoms with E-state index >= 15 is 0 Å². The minimum absolute atomic E-state index is 0.00894. The molecule has 1 N–H and O–H groups in total. The number of aromatic hydroxyl groups is 1. The lowest BCUT2D eigenvalue weighted by molar-refractivity contribution is 0.0247. The fourth-order valence-corrected chi connectivity index (χ4v) is 8.28. The summed E-state index contributed by atoms with van der Waals surface area (Å²) < 4.78 is 15.0. The van der Waals surface area contributed by atoms with Crippen LogP contribution in [0.4, 0.5) is 4.39 Å². The van der Waals surface area contributed by atoms with Gasteiger partial charge in [-0.1, -0.05) is 93.8 Å². The maximum Gasteiger partial charge on any atom is 0.134 e. The van der Waals surface area contributed by atoms with Gasteiger partial charge in [-0.15, -0.1) is 0 Å². The van der Waals surface area contributed by atoms with Gasteiger partial charge in [-0.3, -0.25) is 0 Å². The monoisotopic (exact) mass is 634 g/mol. The Labute approximate surface area is 283 Å². The summed E-state index contributed by atoms with van der Waals surface area (Å²) in [6.45, 7) is 16.2. The zero-order valence-electron chi connectivity index (χ0n) is 29.0. The smallest absolute Gasteiger partial charge is 0.134 e. The molecule has 2 atom stereocenters. The number of hydrogen-bond donors (Lipinski definition) is 1. The topological polar surface area (TPSA) is 47.3 Å². The van der Waals surface area contributed by atoms with E-state index in [9.17, 15) is 14.8 Å². The van der Waals surface area contributed by atoms with Crippen LogP contribution in [0.3, 0.4) is 0 Å². The molecule has 2 aliphatic carbocycles. The summed E-state index contributed by atoms with van der Waals surface area (Å²) in [6.07, 6.45) is 22.2. The zero-order chi connectivity index (χ0) is 33.6. The van der Waals surface area contributed by atoms with E-state index in [1.807, 2.05) is 42.5 Å². The van der Waals surface area contributed by atoms with E-state index in [-0.39, 0.29) is 17.1 Å². The Morgan fingerprint density at radius 2 is 1.85 bits per heavy atom. The molecule has 1 unspecified atom stereocenters. The van der Waals surface area contributed by atoms with Crippen molar-refractivity contribution in [2.24, 2.45) is 17.3 Å². The van der Waals surface area contributed by atoms with E-state index in [1.165, 1.54) is 77.2 Å². The molecule has 47 heavy (non-hydrogen) atoms. The third-order valence-corrected chi connectivity index (χ3v) is 11.5. The number of likely N-dealkylation sites (tertiary alicyclic amines) is 1. The van der Waals surface area contributed by atoms with Gasteiger partial charge in [0.25, 0.3) is 0 Å². The molecule has 2 aromatic rings. The fraction of sp³-hybridized carbons (Fsp3) is 0.512. The number of allylic oxidation sites excluding steroid dienone is 6.